The van der Waals surface area contributed by atoms with Crippen molar-refractivity contribution in [2.45, 2.75) is 25.2 Å². The van der Waals surface area contributed by atoms with Crippen molar-refractivity contribution in [3.8, 4) is 0 Å². The molecule has 0 saturated carbocycles. The molecule has 4 nitrogen and oxygen atoms in total. The minimum absolute atomic E-state index is 0.0149. The van der Waals surface area contributed by atoms with Crippen LogP contribution in [0.1, 0.15) is 6.92 Å². The molecular weight excluding hydrogens is 146 g/mol. The SMILES string of the molecule is C[C@H]1O[C@H](CO)C=CC1NO. The minimum atomic E-state index is -0.227. The van der Waals surface area contributed by atoms with Crippen LogP contribution in [0.5, 0.6) is 0 Å². The van der Waals surface area contributed by atoms with Crippen molar-refractivity contribution in [1.82, 2.24) is 5.48 Å². The van der Waals surface area contributed by atoms with Gasteiger partial charge < -0.3 is 15.1 Å². The maximum atomic E-state index is 8.71. The highest BCUT2D eigenvalue weighted by atomic mass is 16.5. The van der Waals surface area contributed by atoms with Crippen LogP contribution in [0.4, 0.5) is 0 Å². The van der Waals surface area contributed by atoms with Gasteiger partial charge in [-0.25, -0.2) is 0 Å². The molecule has 11 heavy (non-hydrogen) atoms. The number of hydrogen-bond acceptors (Lipinski definition) is 4. The topological polar surface area (TPSA) is 61.7 Å². The van der Waals surface area contributed by atoms with Gasteiger partial charge in [0.25, 0.3) is 0 Å². The molecule has 0 aliphatic carbocycles. The molecule has 0 saturated heterocycles. The van der Waals surface area contributed by atoms with Crippen LogP contribution in [0.3, 0.4) is 0 Å². The quantitative estimate of drug-likeness (QED) is 0.381. The summed E-state index contributed by atoms with van der Waals surface area (Å²) >= 11 is 0. The zero-order valence-corrected chi connectivity index (χ0v) is 6.40. The third-order valence-corrected chi connectivity index (χ3v) is 1.76. The molecule has 64 valence electrons. The summed E-state index contributed by atoms with van der Waals surface area (Å²) in [6, 6.07) is -0.169. The van der Waals surface area contributed by atoms with E-state index < -0.39 is 0 Å². The molecule has 0 radical (unpaired) electrons. The summed E-state index contributed by atoms with van der Waals surface area (Å²) in [5, 5.41) is 17.3. The van der Waals surface area contributed by atoms with E-state index in [0.717, 1.165) is 0 Å². The Bertz CT molecular complexity index is 149. The third kappa shape index (κ3) is 2.00. The lowest BCUT2D eigenvalue weighted by molar-refractivity contribution is -0.0452. The van der Waals surface area contributed by atoms with Gasteiger partial charge in [-0.05, 0) is 6.92 Å². The number of nitrogens with one attached hydrogen (secondary N) is 1. The molecule has 3 N–H and O–H groups in total. The molecule has 1 rings (SSSR count). The highest BCUT2D eigenvalue weighted by Gasteiger charge is 2.21. The Hall–Kier alpha value is -0.420. The number of ether oxygens (including phenoxy) is 1. The van der Waals surface area contributed by atoms with Gasteiger partial charge in [-0.15, -0.1) is 0 Å². The van der Waals surface area contributed by atoms with Gasteiger partial charge in [0, 0.05) is 0 Å². The number of aliphatic hydroxyl groups excluding tert-OH is 1. The summed E-state index contributed by atoms with van der Waals surface area (Å²) in [4.78, 5) is 0. The van der Waals surface area contributed by atoms with Crippen LogP contribution in [-0.4, -0.2) is 35.2 Å². The Balaban J connectivity index is 2.51. The fourth-order valence-corrected chi connectivity index (χ4v) is 1.06. The molecule has 1 aliphatic rings. The van der Waals surface area contributed by atoms with E-state index in [9.17, 15) is 0 Å². The van der Waals surface area contributed by atoms with Gasteiger partial charge in [0.1, 0.15) is 0 Å². The minimum Gasteiger partial charge on any atom is -0.393 e. The molecule has 0 amide bonds. The van der Waals surface area contributed by atoms with Gasteiger partial charge in [0.05, 0.1) is 24.9 Å². The maximum absolute atomic E-state index is 8.71. The van der Waals surface area contributed by atoms with Gasteiger partial charge in [0.15, 0.2) is 0 Å². The van der Waals surface area contributed by atoms with E-state index in [-0.39, 0.29) is 24.9 Å². The van der Waals surface area contributed by atoms with E-state index in [1.807, 2.05) is 6.92 Å². The van der Waals surface area contributed by atoms with Gasteiger partial charge in [-0.3, -0.25) is 0 Å². The summed E-state index contributed by atoms with van der Waals surface area (Å²) in [5.41, 5.74) is 2.10. The first-order valence-corrected chi connectivity index (χ1v) is 3.62. The molecule has 0 fully saturated rings. The van der Waals surface area contributed by atoms with E-state index >= 15 is 0 Å². The van der Waals surface area contributed by atoms with Crippen LogP contribution < -0.4 is 5.48 Å². The van der Waals surface area contributed by atoms with E-state index in [4.69, 9.17) is 15.1 Å². The lowest BCUT2D eigenvalue weighted by Gasteiger charge is -2.27. The standard InChI is InChI=1S/C7H13NO3/c1-5-7(8-10)3-2-6(4-9)11-5/h2-3,5-10H,4H2,1H3/t5-,6+,7?/m1/s1. The first-order chi connectivity index (χ1) is 5.27. The molecule has 1 unspecified atom stereocenters. The maximum Gasteiger partial charge on any atom is 0.0991 e. The molecule has 0 aromatic heterocycles. The zero-order valence-electron chi connectivity index (χ0n) is 6.40. The fourth-order valence-electron chi connectivity index (χ4n) is 1.06. The monoisotopic (exact) mass is 159 g/mol. The van der Waals surface area contributed by atoms with Crippen LogP contribution >= 0.6 is 0 Å². The molecule has 0 aromatic carbocycles. The van der Waals surface area contributed by atoms with Crippen molar-refractivity contribution < 1.29 is 15.1 Å². The molecule has 1 heterocycles. The molecule has 3 atom stereocenters. The Morgan fingerprint density at radius 2 is 2.27 bits per heavy atom. The second-order valence-electron chi connectivity index (χ2n) is 2.60. The molecular formula is C7H13NO3. The van der Waals surface area contributed by atoms with Crippen LogP contribution in [0.2, 0.25) is 0 Å². The number of hydroxylamine groups is 1. The van der Waals surface area contributed by atoms with Crippen molar-refractivity contribution in [1.29, 1.82) is 0 Å². The van der Waals surface area contributed by atoms with Crippen LogP contribution in [-0.2, 0) is 4.74 Å². The van der Waals surface area contributed by atoms with Crippen LogP contribution in [0.15, 0.2) is 12.2 Å². The Morgan fingerprint density at radius 3 is 2.73 bits per heavy atom. The van der Waals surface area contributed by atoms with Crippen molar-refractivity contribution >= 4 is 0 Å². The van der Waals surface area contributed by atoms with Gasteiger partial charge in [-0.2, -0.15) is 5.48 Å². The highest BCUT2D eigenvalue weighted by molar-refractivity contribution is 5.03. The smallest absolute Gasteiger partial charge is 0.0991 e. The summed E-state index contributed by atoms with van der Waals surface area (Å²) < 4.78 is 5.28. The predicted molar refractivity (Wildman–Crippen MR) is 39.3 cm³/mol. The lowest BCUT2D eigenvalue weighted by atomic mass is 10.1. The third-order valence-electron chi connectivity index (χ3n) is 1.76. The van der Waals surface area contributed by atoms with Crippen molar-refractivity contribution in [3.63, 3.8) is 0 Å². The van der Waals surface area contributed by atoms with Crippen molar-refractivity contribution in [2.24, 2.45) is 0 Å². The van der Waals surface area contributed by atoms with Gasteiger partial charge >= 0.3 is 0 Å². The van der Waals surface area contributed by atoms with Gasteiger partial charge in [0.2, 0.25) is 0 Å². The molecule has 4 heteroatoms. The lowest BCUT2D eigenvalue weighted by Crippen LogP contribution is -2.42. The summed E-state index contributed by atoms with van der Waals surface area (Å²) in [6.07, 6.45) is 3.18. The van der Waals surface area contributed by atoms with E-state index in [0.29, 0.717) is 0 Å². The van der Waals surface area contributed by atoms with E-state index in [2.05, 4.69) is 5.48 Å². The van der Waals surface area contributed by atoms with Crippen molar-refractivity contribution in [2.75, 3.05) is 6.61 Å². The predicted octanol–water partition coefficient (Wildman–Crippen LogP) is -0.330. The Kier molecular flexibility index (Phi) is 3.02. The Labute approximate surface area is 65.4 Å². The summed E-state index contributed by atoms with van der Waals surface area (Å²) in [5.74, 6) is 0. The first kappa shape index (κ1) is 8.67. The summed E-state index contributed by atoms with van der Waals surface area (Å²) in [6.45, 7) is 1.82. The van der Waals surface area contributed by atoms with Gasteiger partial charge in [-0.1, -0.05) is 12.2 Å². The molecule has 0 spiro atoms. The first-order valence-electron chi connectivity index (χ1n) is 3.62. The average Bonchev–Trinajstić information content (AvgIpc) is 2.04. The average molecular weight is 159 g/mol. The van der Waals surface area contributed by atoms with Crippen LogP contribution in [0, 0.1) is 0 Å². The second kappa shape index (κ2) is 3.82. The normalized spacial score (nSPS) is 37.5. The number of rotatable bonds is 2. The Morgan fingerprint density at radius 1 is 1.55 bits per heavy atom. The van der Waals surface area contributed by atoms with Crippen molar-refractivity contribution in [3.05, 3.63) is 12.2 Å². The summed E-state index contributed by atoms with van der Waals surface area (Å²) in [7, 11) is 0. The molecule has 1 aliphatic heterocycles. The molecule has 0 bridgehead atoms. The highest BCUT2D eigenvalue weighted by Crippen LogP contribution is 2.11. The fraction of sp³-hybridized carbons (Fsp3) is 0.714. The largest absolute Gasteiger partial charge is 0.393 e. The van der Waals surface area contributed by atoms with E-state index in [1.165, 1.54) is 0 Å². The second-order valence-corrected chi connectivity index (χ2v) is 2.60. The van der Waals surface area contributed by atoms with Crippen LogP contribution in [0.25, 0.3) is 0 Å². The number of aliphatic hydroxyl groups is 1. The molecule has 0 aromatic rings. The van der Waals surface area contributed by atoms with E-state index in [1.54, 1.807) is 12.2 Å². The number of hydrogen-bond donors (Lipinski definition) is 3. The zero-order chi connectivity index (χ0) is 8.27.